The van der Waals surface area contributed by atoms with Gasteiger partial charge in [0.05, 0.1) is 0 Å². The standard InChI is InChI=1S/C7H8FN/c1-6-5-7(8)3-4-9(6)2/h3-5H,1H2,2H3. The largest absolute Gasteiger partial charge is 0.351 e. The Bertz CT molecular complexity index is 191. The minimum absolute atomic E-state index is 0.238. The number of rotatable bonds is 0. The van der Waals surface area contributed by atoms with Crippen LogP contribution in [0.5, 0.6) is 0 Å². The monoisotopic (exact) mass is 125 g/mol. The average Bonchev–Trinajstić information content (AvgIpc) is 1.80. The van der Waals surface area contributed by atoms with Crippen molar-refractivity contribution in [3.63, 3.8) is 0 Å². The predicted octanol–water partition coefficient (Wildman–Crippen LogP) is 1.81. The Morgan fingerprint density at radius 3 is 2.78 bits per heavy atom. The predicted molar refractivity (Wildman–Crippen MR) is 35.2 cm³/mol. The molecule has 0 radical (unpaired) electrons. The minimum atomic E-state index is -0.238. The Morgan fingerprint density at radius 2 is 2.33 bits per heavy atom. The van der Waals surface area contributed by atoms with Crippen LogP contribution >= 0.6 is 0 Å². The summed E-state index contributed by atoms with van der Waals surface area (Å²) in [4.78, 5) is 1.75. The highest BCUT2D eigenvalue weighted by molar-refractivity contribution is 5.28. The van der Waals surface area contributed by atoms with Gasteiger partial charge in [0, 0.05) is 18.9 Å². The second-order valence-electron chi connectivity index (χ2n) is 1.95. The molecule has 1 aliphatic rings. The summed E-state index contributed by atoms with van der Waals surface area (Å²) in [5.74, 6) is -0.238. The van der Waals surface area contributed by atoms with Crippen molar-refractivity contribution >= 4 is 0 Å². The first-order chi connectivity index (χ1) is 4.20. The summed E-state index contributed by atoms with van der Waals surface area (Å²) in [5, 5.41) is 0. The molecule has 9 heavy (non-hydrogen) atoms. The Balaban J connectivity index is 2.82. The van der Waals surface area contributed by atoms with Crippen molar-refractivity contribution in [2.24, 2.45) is 0 Å². The molecule has 1 aliphatic heterocycles. The molecule has 0 aromatic carbocycles. The zero-order chi connectivity index (χ0) is 6.85. The van der Waals surface area contributed by atoms with Crippen molar-refractivity contribution in [2.75, 3.05) is 7.05 Å². The minimum Gasteiger partial charge on any atom is -0.351 e. The van der Waals surface area contributed by atoms with Crippen LogP contribution in [-0.2, 0) is 0 Å². The normalized spacial score (nSPS) is 18.2. The van der Waals surface area contributed by atoms with Crippen molar-refractivity contribution < 1.29 is 4.39 Å². The molecule has 1 nitrogen and oxygen atoms in total. The van der Waals surface area contributed by atoms with Gasteiger partial charge in [-0.05, 0) is 12.2 Å². The van der Waals surface area contributed by atoms with Gasteiger partial charge in [-0.15, -0.1) is 0 Å². The van der Waals surface area contributed by atoms with Gasteiger partial charge in [-0.2, -0.15) is 0 Å². The number of nitrogens with zero attached hydrogens (tertiary/aromatic N) is 1. The maximum absolute atomic E-state index is 12.3. The molecule has 0 bridgehead atoms. The highest BCUT2D eigenvalue weighted by Gasteiger charge is 2.01. The van der Waals surface area contributed by atoms with E-state index in [2.05, 4.69) is 6.58 Å². The van der Waals surface area contributed by atoms with Crippen LogP contribution in [-0.4, -0.2) is 11.9 Å². The Morgan fingerprint density at radius 1 is 1.67 bits per heavy atom. The zero-order valence-corrected chi connectivity index (χ0v) is 5.26. The van der Waals surface area contributed by atoms with E-state index in [1.165, 1.54) is 12.2 Å². The first-order valence-corrected chi connectivity index (χ1v) is 2.67. The number of hydrogen-bond acceptors (Lipinski definition) is 1. The third kappa shape index (κ3) is 1.19. The number of allylic oxidation sites excluding steroid dienone is 3. The van der Waals surface area contributed by atoms with Crippen LogP contribution in [0.1, 0.15) is 0 Å². The molecule has 2 heteroatoms. The van der Waals surface area contributed by atoms with Gasteiger partial charge in [-0.3, -0.25) is 0 Å². The van der Waals surface area contributed by atoms with Gasteiger partial charge >= 0.3 is 0 Å². The summed E-state index contributed by atoms with van der Waals surface area (Å²) in [5.41, 5.74) is 0.676. The third-order valence-electron chi connectivity index (χ3n) is 1.21. The molecule has 0 amide bonds. The molecule has 48 valence electrons. The second-order valence-corrected chi connectivity index (χ2v) is 1.95. The number of halogens is 1. The fraction of sp³-hybridized carbons (Fsp3) is 0.143. The lowest BCUT2D eigenvalue weighted by molar-refractivity contribution is 0.559. The fourth-order valence-corrected chi connectivity index (χ4v) is 0.588. The van der Waals surface area contributed by atoms with Crippen LogP contribution in [0.2, 0.25) is 0 Å². The van der Waals surface area contributed by atoms with Gasteiger partial charge in [0.15, 0.2) is 0 Å². The highest BCUT2D eigenvalue weighted by atomic mass is 19.1. The van der Waals surface area contributed by atoms with E-state index in [1.807, 2.05) is 7.05 Å². The van der Waals surface area contributed by atoms with Gasteiger partial charge in [0.25, 0.3) is 0 Å². The molecule has 0 aliphatic carbocycles. The van der Waals surface area contributed by atoms with E-state index in [9.17, 15) is 4.39 Å². The molecule has 0 saturated carbocycles. The van der Waals surface area contributed by atoms with E-state index in [0.717, 1.165) is 0 Å². The van der Waals surface area contributed by atoms with Crippen LogP contribution < -0.4 is 0 Å². The van der Waals surface area contributed by atoms with E-state index >= 15 is 0 Å². The first kappa shape index (κ1) is 6.08. The number of hydrogen-bond donors (Lipinski definition) is 0. The van der Waals surface area contributed by atoms with Crippen LogP contribution in [0, 0.1) is 0 Å². The van der Waals surface area contributed by atoms with Crippen molar-refractivity contribution in [1.82, 2.24) is 4.90 Å². The van der Waals surface area contributed by atoms with E-state index < -0.39 is 0 Å². The van der Waals surface area contributed by atoms with Crippen molar-refractivity contribution in [1.29, 1.82) is 0 Å². The summed E-state index contributed by atoms with van der Waals surface area (Å²) in [7, 11) is 1.82. The lowest BCUT2D eigenvalue weighted by Crippen LogP contribution is -2.09. The van der Waals surface area contributed by atoms with Crippen LogP contribution in [0.15, 0.2) is 36.5 Å². The molecular formula is C7H8FN. The molecular weight excluding hydrogens is 117 g/mol. The molecule has 0 fully saturated rings. The molecule has 0 N–H and O–H groups in total. The molecule has 0 saturated heterocycles. The zero-order valence-electron chi connectivity index (χ0n) is 5.26. The lowest BCUT2D eigenvalue weighted by atomic mass is 10.3. The summed E-state index contributed by atoms with van der Waals surface area (Å²) in [6.07, 6.45) is 4.42. The fourth-order valence-electron chi connectivity index (χ4n) is 0.588. The quantitative estimate of drug-likeness (QED) is 0.477. The summed E-state index contributed by atoms with van der Waals surface area (Å²) in [6.45, 7) is 3.60. The van der Waals surface area contributed by atoms with Crippen LogP contribution in [0.3, 0.4) is 0 Å². The SMILES string of the molecule is C=C1C=C(F)C=CN1C. The van der Waals surface area contributed by atoms with Gasteiger partial charge in [-0.1, -0.05) is 6.58 Å². The van der Waals surface area contributed by atoms with E-state index in [4.69, 9.17) is 0 Å². The molecule has 1 heterocycles. The number of likely N-dealkylation sites (N-methyl/N-ethyl adjacent to an activating group) is 1. The van der Waals surface area contributed by atoms with Gasteiger partial charge in [-0.25, -0.2) is 4.39 Å². The van der Waals surface area contributed by atoms with Gasteiger partial charge in [0.1, 0.15) is 5.83 Å². The van der Waals surface area contributed by atoms with Gasteiger partial charge < -0.3 is 4.90 Å². The molecule has 1 rings (SSSR count). The molecule has 0 atom stereocenters. The van der Waals surface area contributed by atoms with E-state index in [1.54, 1.807) is 11.1 Å². The van der Waals surface area contributed by atoms with Crippen molar-refractivity contribution in [3.8, 4) is 0 Å². The first-order valence-electron chi connectivity index (χ1n) is 2.67. The second kappa shape index (κ2) is 2.05. The topological polar surface area (TPSA) is 3.24 Å². The summed E-state index contributed by atoms with van der Waals surface area (Å²) >= 11 is 0. The smallest absolute Gasteiger partial charge is 0.126 e. The molecule has 0 aromatic rings. The van der Waals surface area contributed by atoms with Crippen molar-refractivity contribution in [2.45, 2.75) is 0 Å². The Labute approximate surface area is 53.8 Å². The Hall–Kier alpha value is -1.05. The van der Waals surface area contributed by atoms with E-state index in [-0.39, 0.29) is 5.83 Å². The van der Waals surface area contributed by atoms with Crippen LogP contribution in [0.4, 0.5) is 4.39 Å². The maximum atomic E-state index is 12.3. The van der Waals surface area contributed by atoms with E-state index in [0.29, 0.717) is 5.70 Å². The van der Waals surface area contributed by atoms with Gasteiger partial charge in [0.2, 0.25) is 0 Å². The van der Waals surface area contributed by atoms with Crippen molar-refractivity contribution in [3.05, 3.63) is 36.5 Å². The average molecular weight is 125 g/mol. The summed E-state index contributed by atoms with van der Waals surface area (Å²) < 4.78 is 12.3. The highest BCUT2D eigenvalue weighted by Crippen LogP contribution is 2.13. The molecule has 0 unspecified atom stereocenters. The third-order valence-corrected chi connectivity index (χ3v) is 1.21. The lowest BCUT2D eigenvalue weighted by Gasteiger charge is -2.16. The molecule has 0 spiro atoms. The maximum Gasteiger partial charge on any atom is 0.126 e. The Kier molecular flexibility index (Phi) is 1.39. The van der Waals surface area contributed by atoms with Crippen LogP contribution in [0.25, 0.3) is 0 Å². The summed E-state index contributed by atoms with van der Waals surface area (Å²) in [6, 6.07) is 0. The molecule has 0 aromatic heterocycles.